The average molecular weight is 327 g/mol. The SMILES string of the molecule is CCc1cnc(CCNC(=NC)NCc2cccc(C#N)c2)s1. The summed E-state index contributed by atoms with van der Waals surface area (Å²) in [4.78, 5) is 9.94. The number of nitriles is 1. The van der Waals surface area contributed by atoms with Gasteiger partial charge in [0.15, 0.2) is 5.96 Å². The fraction of sp³-hybridized carbons (Fsp3) is 0.353. The lowest BCUT2D eigenvalue weighted by atomic mass is 10.1. The lowest BCUT2D eigenvalue weighted by Gasteiger charge is -2.11. The van der Waals surface area contributed by atoms with Gasteiger partial charge in [-0.1, -0.05) is 19.1 Å². The van der Waals surface area contributed by atoms with Crippen LogP contribution in [0.2, 0.25) is 0 Å². The van der Waals surface area contributed by atoms with E-state index in [1.165, 1.54) is 4.88 Å². The van der Waals surface area contributed by atoms with Crippen LogP contribution in [0.25, 0.3) is 0 Å². The standard InChI is InChI=1S/C17H21N5S/c1-3-15-12-21-16(23-15)7-8-20-17(19-2)22-11-14-6-4-5-13(9-14)10-18/h4-6,9,12H,3,7-8,11H2,1-2H3,(H2,19,20,22). The Labute approximate surface area is 141 Å². The minimum atomic E-state index is 0.631. The summed E-state index contributed by atoms with van der Waals surface area (Å²) in [6, 6.07) is 9.70. The minimum Gasteiger partial charge on any atom is -0.356 e. The third kappa shape index (κ3) is 5.38. The number of nitrogens with one attached hydrogen (secondary N) is 2. The quantitative estimate of drug-likeness (QED) is 0.631. The Morgan fingerprint density at radius 2 is 2.26 bits per heavy atom. The van der Waals surface area contributed by atoms with Crippen LogP contribution in [0.1, 0.15) is 27.9 Å². The van der Waals surface area contributed by atoms with Crippen LogP contribution in [-0.4, -0.2) is 24.5 Å². The van der Waals surface area contributed by atoms with Crippen molar-refractivity contribution >= 4 is 17.3 Å². The van der Waals surface area contributed by atoms with E-state index in [0.29, 0.717) is 12.1 Å². The van der Waals surface area contributed by atoms with Gasteiger partial charge in [0.2, 0.25) is 0 Å². The van der Waals surface area contributed by atoms with Crippen molar-refractivity contribution < 1.29 is 0 Å². The van der Waals surface area contributed by atoms with Gasteiger partial charge in [0.25, 0.3) is 0 Å². The first-order valence-corrected chi connectivity index (χ1v) is 8.44. The molecule has 1 aromatic carbocycles. The summed E-state index contributed by atoms with van der Waals surface area (Å²) in [7, 11) is 1.75. The van der Waals surface area contributed by atoms with Crippen LogP contribution in [-0.2, 0) is 19.4 Å². The molecule has 0 bridgehead atoms. The Bertz CT molecular complexity index is 699. The van der Waals surface area contributed by atoms with E-state index in [4.69, 9.17) is 5.26 Å². The van der Waals surface area contributed by atoms with E-state index < -0.39 is 0 Å². The molecule has 2 aromatic rings. The molecular formula is C17H21N5S. The third-order valence-corrected chi connectivity index (χ3v) is 4.52. The van der Waals surface area contributed by atoms with E-state index in [2.05, 4.69) is 33.6 Å². The molecule has 5 nitrogen and oxygen atoms in total. The maximum absolute atomic E-state index is 8.92. The molecule has 2 N–H and O–H groups in total. The normalized spacial score (nSPS) is 11.1. The molecule has 0 aliphatic rings. The fourth-order valence-electron chi connectivity index (χ4n) is 2.07. The molecular weight excluding hydrogens is 306 g/mol. The predicted octanol–water partition coefficient (Wildman–Crippen LogP) is 2.48. The van der Waals surface area contributed by atoms with E-state index in [9.17, 15) is 0 Å². The predicted molar refractivity (Wildman–Crippen MR) is 94.6 cm³/mol. The lowest BCUT2D eigenvalue weighted by molar-refractivity contribution is 0.792. The van der Waals surface area contributed by atoms with Gasteiger partial charge in [0.1, 0.15) is 0 Å². The largest absolute Gasteiger partial charge is 0.356 e. The molecule has 0 amide bonds. The highest BCUT2D eigenvalue weighted by Crippen LogP contribution is 2.13. The Morgan fingerprint density at radius 1 is 1.39 bits per heavy atom. The Hall–Kier alpha value is -2.39. The zero-order valence-electron chi connectivity index (χ0n) is 13.5. The summed E-state index contributed by atoms with van der Waals surface area (Å²) < 4.78 is 0. The van der Waals surface area contributed by atoms with Crippen LogP contribution in [0.15, 0.2) is 35.5 Å². The molecule has 1 heterocycles. The number of thiazole rings is 1. The highest BCUT2D eigenvalue weighted by Gasteiger charge is 2.02. The second-order valence-electron chi connectivity index (χ2n) is 4.99. The Balaban J connectivity index is 1.78. The molecule has 6 heteroatoms. The van der Waals surface area contributed by atoms with Gasteiger partial charge in [-0.15, -0.1) is 11.3 Å². The van der Waals surface area contributed by atoms with Crippen LogP contribution in [0.5, 0.6) is 0 Å². The van der Waals surface area contributed by atoms with Crippen molar-refractivity contribution in [1.29, 1.82) is 5.26 Å². The number of aromatic nitrogens is 1. The number of rotatable bonds is 6. The summed E-state index contributed by atoms with van der Waals surface area (Å²) in [5, 5.41) is 16.6. The average Bonchev–Trinajstić information content (AvgIpc) is 3.06. The monoisotopic (exact) mass is 327 g/mol. The Kier molecular flexibility index (Phi) is 6.57. The van der Waals surface area contributed by atoms with Gasteiger partial charge in [-0.05, 0) is 24.1 Å². The molecule has 0 fully saturated rings. The van der Waals surface area contributed by atoms with Gasteiger partial charge in [0.05, 0.1) is 16.6 Å². The first kappa shape index (κ1) is 17.0. The van der Waals surface area contributed by atoms with Gasteiger partial charge in [-0.3, -0.25) is 4.99 Å². The number of aliphatic imine (C=N–C) groups is 1. The van der Waals surface area contributed by atoms with Crippen molar-refractivity contribution in [1.82, 2.24) is 15.6 Å². The van der Waals surface area contributed by atoms with E-state index in [0.717, 1.165) is 35.9 Å². The van der Waals surface area contributed by atoms with Crippen LogP contribution < -0.4 is 10.6 Å². The molecule has 0 atom stereocenters. The second-order valence-corrected chi connectivity index (χ2v) is 6.19. The minimum absolute atomic E-state index is 0.631. The van der Waals surface area contributed by atoms with E-state index in [1.807, 2.05) is 24.4 Å². The third-order valence-electron chi connectivity index (χ3n) is 3.32. The zero-order chi connectivity index (χ0) is 16.5. The maximum atomic E-state index is 8.92. The highest BCUT2D eigenvalue weighted by molar-refractivity contribution is 7.11. The van der Waals surface area contributed by atoms with Gasteiger partial charge in [-0.25, -0.2) is 4.98 Å². The molecule has 0 saturated carbocycles. The van der Waals surface area contributed by atoms with Crippen molar-refractivity contribution in [2.24, 2.45) is 4.99 Å². The van der Waals surface area contributed by atoms with Crippen molar-refractivity contribution in [3.05, 3.63) is 51.5 Å². The first-order valence-electron chi connectivity index (χ1n) is 7.62. The van der Waals surface area contributed by atoms with Crippen molar-refractivity contribution in [3.8, 4) is 6.07 Å². The topological polar surface area (TPSA) is 73.1 Å². The number of hydrogen-bond acceptors (Lipinski definition) is 4. The summed E-state index contributed by atoms with van der Waals surface area (Å²) >= 11 is 1.76. The van der Waals surface area contributed by atoms with Gasteiger partial charge in [0, 0.05) is 37.6 Å². The molecule has 0 unspecified atom stereocenters. The highest BCUT2D eigenvalue weighted by atomic mass is 32.1. The maximum Gasteiger partial charge on any atom is 0.191 e. The number of benzene rings is 1. The van der Waals surface area contributed by atoms with Crippen LogP contribution in [0.3, 0.4) is 0 Å². The fourth-order valence-corrected chi connectivity index (χ4v) is 2.93. The van der Waals surface area contributed by atoms with Crippen LogP contribution in [0, 0.1) is 11.3 Å². The lowest BCUT2D eigenvalue weighted by Crippen LogP contribution is -2.37. The Morgan fingerprint density at radius 3 is 2.96 bits per heavy atom. The van der Waals surface area contributed by atoms with Gasteiger partial charge in [-0.2, -0.15) is 5.26 Å². The second kappa shape index (κ2) is 8.91. The molecule has 120 valence electrons. The molecule has 2 rings (SSSR count). The van der Waals surface area contributed by atoms with Crippen LogP contribution >= 0.6 is 11.3 Å². The number of aryl methyl sites for hydroxylation is 1. The zero-order valence-corrected chi connectivity index (χ0v) is 14.3. The number of nitrogens with zero attached hydrogens (tertiary/aromatic N) is 3. The first-order chi connectivity index (χ1) is 11.2. The molecule has 0 radical (unpaired) electrons. The van der Waals surface area contributed by atoms with E-state index in [-0.39, 0.29) is 0 Å². The molecule has 1 aromatic heterocycles. The molecule has 0 aliphatic heterocycles. The molecule has 0 saturated heterocycles. The van der Waals surface area contributed by atoms with Crippen molar-refractivity contribution in [2.75, 3.05) is 13.6 Å². The number of guanidine groups is 1. The van der Waals surface area contributed by atoms with E-state index in [1.54, 1.807) is 24.5 Å². The van der Waals surface area contributed by atoms with Gasteiger partial charge < -0.3 is 10.6 Å². The smallest absolute Gasteiger partial charge is 0.191 e. The summed E-state index contributed by atoms with van der Waals surface area (Å²) in [6.45, 7) is 3.56. The summed E-state index contributed by atoms with van der Waals surface area (Å²) in [5.41, 5.74) is 1.72. The van der Waals surface area contributed by atoms with Crippen molar-refractivity contribution in [2.45, 2.75) is 26.3 Å². The van der Waals surface area contributed by atoms with Gasteiger partial charge >= 0.3 is 0 Å². The molecule has 0 spiro atoms. The number of hydrogen-bond donors (Lipinski definition) is 2. The molecule has 23 heavy (non-hydrogen) atoms. The van der Waals surface area contributed by atoms with E-state index >= 15 is 0 Å². The summed E-state index contributed by atoms with van der Waals surface area (Å²) in [6.07, 6.45) is 3.88. The molecule has 0 aliphatic carbocycles. The summed E-state index contributed by atoms with van der Waals surface area (Å²) in [5.74, 6) is 0.750. The van der Waals surface area contributed by atoms with Crippen molar-refractivity contribution in [3.63, 3.8) is 0 Å². The van der Waals surface area contributed by atoms with Crippen LogP contribution in [0.4, 0.5) is 0 Å².